The van der Waals surface area contributed by atoms with Crippen LogP contribution in [0, 0.1) is 0 Å². The highest BCUT2D eigenvalue weighted by Crippen LogP contribution is 2.27. The first-order valence-corrected chi connectivity index (χ1v) is 10.1. The molecule has 7 heteroatoms. The number of fused-ring (bicyclic) bond motifs is 2. The minimum atomic E-state index is -0.389. The Morgan fingerprint density at radius 1 is 1.13 bits per heavy atom. The first-order valence-electron chi connectivity index (χ1n) is 9.72. The highest BCUT2D eigenvalue weighted by Gasteiger charge is 2.22. The van der Waals surface area contributed by atoms with Crippen LogP contribution in [0.2, 0.25) is 5.02 Å². The number of nitrogen functional groups attached to an aromatic ring is 1. The number of rotatable bonds is 3. The SMILES string of the molecule is Nc1ccc(-c2ncc3c(n2)CCN(Cc2c(Cl)c4ccccc4oc2=O)C3)cc1. The fourth-order valence-electron chi connectivity index (χ4n) is 3.79. The smallest absolute Gasteiger partial charge is 0.342 e. The number of hydrogen-bond acceptors (Lipinski definition) is 6. The van der Waals surface area contributed by atoms with Crippen LogP contribution in [0.15, 0.2) is 63.9 Å². The van der Waals surface area contributed by atoms with Gasteiger partial charge in [0.2, 0.25) is 0 Å². The van der Waals surface area contributed by atoms with Crippen LogP contribution < -0.4 is 11.4 Å². The number of halogens is 1. The van der Waals surface area contributed by atoms with Gasteiger partial charge < -0.3 is 10.2 Å². The van der Waals surface area contributed by atoms with Gasteiger partial charge in [-0.3, -0.25) is 4.90 Å². The third-order valence-corrected chi connectivity index (χ3v) is 5.83. The maximum atomic E-state index is 12.5. The van der Waals surface area contributed by atoms with E-state index in [2.05, 4.69) is 9.88 Å². The van der Waals surface area contributed by atoms with Crippen LogP contribution in [0.25, 0.3) is 22.4 Å². The molecule has 0 bridgehead atoms. The van der Waals surface area contributed by atoms with Crippen LogP contribution in [-0.4, -0.2) is 21.4 Å². The molecule has 1 aliphatic heterocycles. The molecular weight excluding hydrogens is 400 g/mol. The molecule has 5 rings (SSSR count). The van der Waals surface area contributed by atoms with Crippen molar-refractivity contribution in [3.05, 3.63) is 87.0 Å². The van der Waals surface area contributed by atoms with Crippen LogP contribution in [0.5, 0.6) is 0 Å². The third kappa shape index (κ3) is 3.44. The maximum Gasteiger partial charge on any atom is 0.342 e. The van der Waals surface area contributed by atoms with Crippen LogP contribution in [0.1, 0.15) is 16.8 Å². The molecule has 3 heterocycles. The van der Waals surface area contributed by atoms with Gasteiger partial charge in [0, 0.05) is 54.5 Å². The second-order valence-electron chi connectivity index (χ2n) is 7.43. The van der Waals surface area contributed by atoms with E-state index >= 15 is 0 Å². The molecule has 6 nitrogen and oxygen atoms in total. The predicted molar refractivity (Wildman–Crippen MR) is 117 cm³/mol. The highest BCUT2D eigenvalue weighted by molar-refractivity contribution is 6.35. The van der Waals surface area contributed by atoms with Crippen molar-refractivity contribution < 1.29 is 4.42 Å². The van der Waals surface area contributed by atoms with Crippen LogP contribution in [-0.2, 0) is 19.5 Å². The number of benzene rings is 2. The summed E-state index contributed by atoms with van der Waals surface area (Å²) in [5, 5.41) is 1.21. The van der Waals surface area contributed by atoms with Crippen molar-refractivity contribution in [3.63, 3.8) is 0 Å². The molecule has 0 aliphatic carbocycles. The van der Waals surface area contributed by atoms with Gasteiger partial charge in [0.05, 0.1) is 16.3 Å². The van der Waals surface area contributed by atoms with Crippen molar-refractivity contribution in [1.29, 1.82) is 0 Å². The van der Waals surface area contributed by atoms with Gasteiger partial charge in [-0.2, -0.15) is 0 Å². The Bertz CT molecular complexity index is 1300. The molecular formula is C23H19ClN4O2. The maximum absolute atomic E-state index is 12.5. The first kappa shape index (κ1) is 18.8. The first-order chi connectivity index (χ1) is 14.6. The Balaban J connectivity index is 1.40. The fraction of sp³-hybridized carbons (Fsp3) is 0.174. The van der Waals surface area contributed by atoms with Gasteiger partial charge in [-0.25, -0.2) is 14.8 Å². The zero-order valence-corrected chi connectivity index (χ0v) is 16.9. The van der Waals surface area contributed by atoms with E-state index < -0.39 is 0 Å². The lowest BCUT2D eigenvalue weighted by molar-refractivity contribution is 0.240. The summed E-state index contributed by atoms with van der Waals surface area (Å²) in [5.41, 5.74) is 10.1. The quantitative estimate of drug-likeness (QED) is 0.399. The van der Waals surface area contributed by atoms with E-state index in [9.17, 15) is 4.79 Å². The van der Waals surface area contributed by atoms with E-state index in [1.54, 1.807) is 6.07 Å². The molecule has 0 unspecified atom stereocenters. The van der Waals surface area contributed by atoms with Gasteiger partial charge in [-0.05, 0) is 36.4 Å². The van der Waals surface area contributed by atoms with Gasteiger partial charge in [0.1, 0.15) is 5.58 Å². The third-order valence-electron chi connectivity index (χ3n) is 5.40. The Hall–Kier alpha value is -3.22. The van der Waals surface area contributed by atoms with Gasteiger partial charge in [0.15, 0.2) is 5.82 Å². The molecule has 0 saturated carbocycles. The molecule has 4 aromatic rings. The molecule has 0 fully saturated rings. The van der Waals surface area contributed by atoms with Gasteiger partial charge in [0.25, 0.3) is 0 Å². The van der Waals surface area contributed by atoms with Gasteiger partial charge in [-0.15, -0.1) is 0 Å². The Morgan fingerprint density at radius 2 is 1.93 bits per heavy atom. The Kier molecular flexibility index (Phi) is 4.73. The molecule has 0 atom stereocenters. The fourth-order valence-corrected chi connectivity index (χ4v) is 4.08. The molecule has 1 aliphatic rings. The van der Waals surface area contributed by atoms with Crippen LogP contribution in [0.4, 0.5) is 5.69 Å². The second-order valence-corrected chi connectivity index (χ2v) is 7.80. The van der Waals surface area contributed by atoms with E-state index in [-0.39, 0.29) is 5.63 Å². The summed E-state index contributed by atoms with van der Waals surface area (Å²) >= 11 is 6.55. The number of nitrogens with two attached hydrogens (primary N) is 1. The Labute approximate surface area is 177 Å². The molecule has 2 aromatic heterocycles. The molecule has 2 N–H and O–H groups in total. The topological polar surface area (TPSA) is 85.2 Å². The molecule has 0 radical (unpaired) electrons. The van der Waals surface area contributed by atoms with Crippen molar-refractivity contribution in [2.24, 2.45) is 0 Å². The number of para-hydroxylation sites is 1. The normalized spacial score (nSPS) is 14.0. The number of nitrogens with zero attached hydrogens (tertiary/aromatic N) is 3. The second kappa shape index (κ2) is 7.55. The average Bonchev–Trinajstić information content (AvgIpc) is 2.77. The van der Waals surface area contributed by atoms with Crippen molar-refractivity contribution in [2.45, 2.75) is 19.5 Å². The minimum Gasteiger partial charge on any atom is -0.422 e. The molecule has 0 saturated heterocycles. The molecule has 150 valence electrons. The zero-order chi connectivity index (χ0) is 20.7. The van der Waals surface area contributed by atoms with Crippen molar-refractivity contribution in [2.75, 3.05) is 12.3 Å². The highest BCUT2D eigenvalue weighted by atomic mass is 35.5. The minimum absolute atomic E-state index is 0.389. The van der Waals surface area contributed by atoms with E-state index in [0.29, 0.717) is 40.8 Å². The van der Waals surface area contributed by atoms with Gasteiger partial charge in [-0.1, -0.05) is 23.7 Å². The van der Waals surface area contributed by atoms with E-state index in [1.807, 2.05) is 48.7 Å². The van der Waals surface area contributed by atoms with Gasteiger partial charge >= 0.3 is 5.63 Å². The summed E-state index contributed by atoms with van der Waals surface area (Å²) in [4.78, 5) is 23.9. The van der Waals surface area contributed by atoms with Crippen molar-refractivity contribution in [3.8, 4) is 11.4 Å². The predicted octanol–water partition coefficient (Wildman–Crippen LogP) is 4.04. The average molecular weight is 419 g/mol. The number of anilines is 1. The molecule has 0 spiro atoms. The summed E-state index contributed by atoms with van der Waals surface area (Å²) in [6.07, 6.45) is 2.64. The Morgan fingerprint density at radius 3 is 2.77 bits per heavy atom. The number of hydrogen-bond donors (Lipinski definition) is 1. The lowest BCUT2D eigenvalue weighted by Gasteiger charge is -2.28. The summed E-state index contributed by atoms with van der Waals surface area (Å²) in [5.74, 6) is 0.695. The monoisotopic (exact) mass is 418 g/mol. The van der Waals surface area contributed by atoms with Crippen LogP contribution >= 0.6 is 11.6 Å². The van der Waals surface area contributed by atoms with E-state index in [4.69, 9.17) is 26.7 Å². The molecule has 30 heavy (non-hydrogen) atoms. The summed E-state index contributed by atoms with van der Waals surface area (Å²) < 4.78 is 5.46. The zero-order valence-electron chi connectivity index (χ0n) is 16.1. The largest absolute Gasteiger partial charge is 0.422 e. The van der Waals surface area contributed by atoms with E-state index in [1.165, 1.54) is 0 Å². The standard InChI is InChI=1S/C23H19ClN4O2/c24-21-17-3-1-2-4-20(17)30-23(29)18(21)13-28-10-9-19-15(12-28)11-26-22(27-19)14-5-7-16(25)8-6-14/h1-8,11H,9-10,12-13,25H2. The van der Waals surface area contributed by atoms with Crippen molar-refractivity contribution in [1.82, 2.24) is 14.9 Å². The molecule has 0 amide bonds. The van der Waals surface area contributed by atoms with E-state index in [0.717, 1.165) is 35.2 Å². The lowest BCUT2D eigenvalue weighted by atomic mass is 10.1. The lowest BCUT2D eigenvalue weighted by Crippen LogP contribution is -2.32. The summed E-state index contributed by atoms with van der Waals surface area (Å²) in [6, 6.07) is 14.9. The number of aromatic nitrogens is 2. The van der Waals surface area contributed by atoms with Crippen LogP contribution in [0.3, 0.4) is 0 Å². The summed E-state index contributed by atoms with van der Waals surface area (Å²) in [7, 11) is 0. The summed E-state index contributed by atoms with van der Waals surface area (Å²) in [6.45, 7) is 1.85. The molecule has 2 aromatic carbocycles. The van der Waals surface area contributed by atoms with Crippen molar-refractivity contribution >= 4 is 28.3 Å².